The lowest BCUT2D eigenvalue weighted by atomic mass is 10.1. The maximum atomic E-state index is 12.8. The molecule has 0 amide bonds. The zero-order valence-electron chi connectivity index (χ0n) is 5.90. The smallest absolute Gasteiger partial charge is 0.126 e. The highest BCUT2D eigenvalue weighted by Crippen LogP contribution is 2.14. The summed E-state index contributed by atoms with van der Waals surface area (Å²) in [6, 6.07) is 4.67. The minimum absolute atomic E-state index is 0.210. The van der Waals surface area contributed by atoms with Crippen molar-refractivity contribution in [1.82, 2.24) is 0 Å². The fourth-order valence-corrected chi connectivity index (χ4v) is 1.25. The average Bonchev–Trinajstić information content (AvgIpc) is 1.94. The molecule has 58 valence electrons. The number of hydrogen-bond acceptors (Lipinski definition) is 1. The Hall–Kier alpha value is -0.470. The lowest BCUT2D eigenvalue weighted by Gasteiger charge is -2.01. The molecule has 1 aromatic rings. The van der Waals surface area contributed by atoms with Crippen LogP contribution >= 0.6 is 23.8 Å². The zero-order valence-corrected chi connectivity index (χ0v) is 7.47. The summed E-state index contributed by atoms with van der Waals surface area (Å²) in [6.45, 7) is 1.65. The summed E-state index contributed by atoms with van der Waals surface area (Å²) >= 11 is 10.3. The van der Waals surface area contributed by atoms with Gasteiger partial charge in [-0.1, -0.05) is 36.0 Å². The molecule has 3 heteroatoms. The Morgan fingerprint density at radius 2 is 2.18 bits per heavy atom. The van der Waals surface area contributed by atoms with Gasteiger partial charge >= 0.3 is 0 Å². The molecule has 0 aromatic heterocycles. The van der Waals surface area contributed by atoms with Crippen LogP contribution in [-0.4, -0.2) is 4.32 Å². The third kappa shape index (κ3) is 1.76. The Morgan fingerprint density at radius 1 is 1.55 bits per heavy atom. The molecule has 0 saturated carbocycles. The summed E-state index contributed by atoms with van der Waals surface area (Å²) in [5.74, 6) is -0.273. The van der Waals surface area contributed by atoms with Crippen molar-refractivity contribution < 1.29 is 4.39 Å². The fourth-order valence-electron chi connectivity index (χ4n) is 0.820. The average molecular weight is 189 g/mol. The molecule has 0 spiro atoms. The number of benzene rings is 1. The predicted molar refractivity (Wildman–Crippen MR) is 48.7 cm³/mol. The fraction of sp³-hybridized carbons (Fsp3) is 0.125. The first kappa shape index (κ1) is 8.62. The molecule has 0 aliphatic rings. The van der Waals surface area contributed by atoms with Crippen molar-refractivity contribution >= 4 is 28.1 Å². The second kappa shape index (κ2) is 3.28. The molecule has 0 bridgehead atoms. The number of halogens is 2. The van der Waals surface area contributed by atoms with Crippen LogP contribution in [0.3, 0.4) is 0 Å². The molecule has 0 atom stereocenters. The van der Waals surface area contributed by atoms with Crippen molar-refractivity contribution in [2.24, 2.45) is 0 Å². The van der Waals surface area contributed by atoms with Crippen LogP contribution in [0.4, 0.5) is 4.39 Å². The summed E-state index contributed by atoms with van der Waals surface area (Å²) < 4.78 is 13.0. The molecule has 0 nitrogen and oxygen atoms in total. The van der Waals surface area contributed by atoms with E-state index in [4.69, 9.17) is 23.8 Å². The Bertz CT molecular complexity index is 296. The number of thiocarbonyl (C=S) groups is 1. The highest BCUT2D eigenvalue weighted by atomic mass is 35.5. The van der Waals surface area contributed by atoms with Gasteiger partial charge in [-0.3, -0.25) is 0 Å². The molecule has 0 fully saturated rings. The molecule has 0 aliphatic carbocycles. The van der Waals surface area contributed by atoms with Crippen LogP contribution in [0, 0.1) is 12.7 Å². The normalized spacial score (nSPS) is 9.73. The van der Waals surface area contributed by atoms with E-state index in [1.165, 1.54) is 6.07 Å². The number of hydrogen-bond donors (Lipinski definition) is 0. The molecule has 1 rings (SSSR count). The van der Waals surface area contributed by atoms with Crippen LogP contribution in [0.1, 0.15) is 11.1 Å². The van der Waals surface area contributed by atoms with Crippen LogP contribution < -0.4 is 0 Å². The van der Waals surface area contributed by atoms with E-state index in [2.05, 4.69) is 0 Å². The van der Waals surface area contributed by atoms with E-state index in [0.717, 1.165) is 0 Å². The summed E-state index contributed by atoms with van der Waals surface area (Å²) in [7, 11) is 0. The quantitative estimate of drug-likeness (QED) is 0.482. The van der Waals surface area contributed by atoms with Gasteiger partial charge in [0, 0.05) is 5.56 Å². The second-order valence-corrected chi connectivity index (χ2v) is 3.20. The maximum Gasteiger partial charge on any atom is 0.126 e. The van der Waals surface area contributed by atoms with E-state index >= 15 is 0 Å². The van der Waals surface area contributed by atoms with Crippen LogP contribution in [-0.2, 0) is 0 Å². The van der Waals surface area contributed by atoms with E-state index in [1.54, 1.807) is 19.1 Å². The molecular weight excluding hydrogens is 183 g/mol. The van der Waals surface area contributed by atoms with Crippen LogP contribution in [0.25, 0.3) is 0 Å². The molecule has 0 radical (unpaired) electrons. The third-order valence-electron chi connectivity index (χ3n) is 1.48. The van der Waals surface area contributed by atoms with Gasteiger partial charge in [-0.05, 0) is 18.6 Å². The van der Waals surface area contributed by atoms with Gasteiger partial charge in [0.05, 0.1) is 0 Å². The van der Waals surface area contributed by atoms with Crippen LogP contribution in [0.15, 0.2) is 18.2 Å². The highest BCUT2D eigenvalue weighted by Gasteiger charge is 2.04. The van der Waals surface area contributed by atoms with E-state index in [0.29, 0.717) is 11.1 Å². The van der Waals surface area contributed by atoms with Crippen LogP contribution in [0.5, 0.6) is 0 Å². The van der Waals surface area contributed by atoms with E-state index in [-0.39, 0.29) is 10.1 Å². The maximum absolute atomic E-state index is 12.8. The first-order chi connectivity index (χ1) is 5.13. The minimum atomic E-state index is -0.273. The zero-order chi connectivity index (χ0) is 8.43. The molecule has 0 saturated heterocycles. The van der Waals surface area contributed by atoms with Gasteiger partial charge in [0.25, 0.3) is 0 Å². The third-order valence-corrected chi connectivity index (χ3v) is 1.90. The Balaban J connectivity index is 3.27. The molecule has 1 aromatic carbocycles. The van der Waals surface area contributed by atoms with Crippen molar-refractivity contribution in [3.8, 4) is 0 Å². The van der Waals surface area contributed by atoms with E-state index in [1.807, 2.05) is 0 Å². The van der Waals surface area contributed by atoms with Gasteiger partial charge in [0.2, 0.25) is 0 Å². The highest BCUT2D eigenvalue weighted by molar-refractivity contribution is 7.83. The van der Waals surface area contributed by atoms with Gasteiger partial charge in [0.15, 0.2) is 0 Å². The number of rotatable bonds is 1. The summed E-state index contributed by atoms with van der Waals surface area (Å²) in [4.78, 5) is 0. The molecular formula is C8H6ClFS. The first-order valence-electron chi connectivity index (χ1n) is 3.08. The molecule has 0 unspecified atom stereocenters. The Labute approximate surface area is 75.0 Å². The van der Waals surface area contributed by atoms with Gasteiger partial charge in [-0.2, -0.15) is 0 Å². The van der Waals surface area contributed by atoms with Crippen molar-refractivity contribution in [3.05, 3.63) is 35.1 Å². The first-order valence-corrected chi connectivity index (χ1v) is 3.86. The van der Waals surface area contributed by atoms with E-state index < -0.39 is 0 Å². The topological polar surface area (TPSA) is 0 Å². The van der Waals surface area contributed by atoms with Gasteiger partial charge < -0.3 is 0 Å². The van der Waals surface area contributed by atoms with Gasteiger partial charge in [-0.15, -0.1) is 0 Å². The largest absolute Gasteiger partial charge is 0.207 e. The van der Waals surface area contributed by atoms with Crippen molar-refractivity contribution in [2.45, 2.75) is 6.92 Å². The van der Waals surface area contributed by atoms with Crippen molar-refractivity contribution in [2.75, 3.05) is 0 Å². The summed E-state index contributed by atoms with van der Waals surface area (Å²) in [5.41, 5.74) is 1.11. The summed E-state index contributed by atoms with van der Waals surface area (Å²) in [5, 5.41) is 0. The summed E-state index contributed by atoms with van der Waals surface area (Å²) in [6.07, 6.45) is 0. The second-order valence-electron chi connectivity index (χ2n) is 2.19. The molecule has 0 aliphatic heterocycles. The van der Waals surface area contributed by atoms with Gasteiger partial charge in [-0.25, -0.2) is 4.39 Å². The van der Waals surface area contributed by atoms with Crippen molar-refractivity contribution in [1.29, 1.82) is 0 Å². The predicted octanol–water partition coefficient (Wildman–Crippen LogP) is 3.05. The Morgan fingerprint density at radius 3 is 2.64 bits per heavy atom. The van der Waals surface area contributed by atoms with Crippen molar-refractivity contribution in [3.63, 3.8) is 0 Å². The Kier molecular flexibility index (Phi) is 2.58. The molecule has 0 heterocycles. The standard InChI is InChI=1S/C8H6ClFS/c1-5-6(8(9)11)3-2-4-7(5)10/h2-4H,1H3. The molecule has 11 heavy (non-hydrogen) atoms. The lowest BCUT2D eigenvalue weighted by molar-refractivity contribution is 0.618. The lowest BCUT2D eigenvalue weighted by Crippen LogP contribution is -1.94. The SMILES string of the molecule is Cc1c(F)cccc1C(=S)Cl. The van der Waals surface area contributed by atoms with Crippen LogP contribution in [0.2, 0.25) is 0 Å². The molecule has 0 N–H and O–H groups in total. The minimum Gasteiger partial charge on any atom is -0.207 e. The van der Waals surface area contributed by atoms with E-state index in [9.17, 15) is 4.39 Å². The monoisotopic (exact) mass is 188 g/mol. The van der Waals surface area contributed by atoms with Gasteiger partial charge in [0.1, 0.15) is 10.1 Å².